The minimum atomic E-state index is -5.04. The first kappa shape index (κ1) is 30.2. The average molecular weight is 587 g/mol. The summed E-state index contributed by atoms with van der Waals surface area (Å²) in [6, 6.07) is 11.9. The Labute approximate surface area is 231 Å². The molecule has 41 heavy (non-hydrogen) atoms. The van der Waals surface area contributed by atoms with E-state index in [1.165, 1.54) is 13.8 Å². The molecule has 1 fully saturated rings. The molecule has 3 aromatic rings. The number of aromatic nitrogens is 4. The van der Waals surface area contributed by atoms with Crippen molar-refractivity contribution >= 4 is 5.91 Å². The van der Waals surface area contributed by atoms with E-state index in [9.17, 15) is 36.2 Å². The number of hydrogen-bond donors (Lipinski definition) is 2. The first-order valence-electron chi connectivity index (χ1n) is 12.6. The predicted octanol–water partition coefficient (Wildman–Crippen LogP) is 4.22. The lowest BCUT2D eigenvalue weighted by Crippen LogP contribution is -2.50. The third-order valence-corrected chi connectivity index (χ3v) is 6.57. The van der Waals surface area contributed by atoms with Crippen LogP contribution in [0.4, 0.5) is 26.3 Å². The number of amides is 1. The molecule has 1 amide bonds. The van der Waals surface area contributed by atoms with Gasteiger partial charge in [-0.25, -0.2) is 0 Å². The number of nitrogens with zero attached hydrogens (tertiary/aromatic N) is 5. The lowest BCUT2D eigenvalue weighted by Gasteiger charge is -2.40. The second kappa shape index (κ2) is 11.6. The number of carbonyl (C=O) groups is 1. The number of alkyl halides is 6. The summed E-state index contributed by atoms with van der Waals surface area (Å²) < 4.78 is 84.0. The third-order valence-electron chi connectivity index (χ3n) is 6.57. The van der Waals surface area contributed by atoms with Gasteiger partial charge in [0.15, 0.2) is 0 Å². The summed E-state index contributed by atoms with van der Waals surface area (Å²) in [4.78, 5) is 14.5. The number of nitrogens with one attached hydrogen (secondary N) is 1. The Bertz CT molecular complexity index is 1340. The SMILES string of the molecule is CC(C)(O)CC(=O)N1CCC(NCc2cc(-n3nnnc3C(F)(F)F)ccc2OC(F)(F)F)C(c2ccccc2)C1. The van der Waals surface area contributed by atoms with Crippen LogP contribution in [0.2, 0.25) is 0 Å². The van der Waals surface area contributed by atoms with E-state index >= 15 is 0 Å². The minimum absolute atomic E-state index is 0.0733. The van der Waals surface area contributed by atoms with Gasteiger partial charge in [0.05, 0.1) is 17.7 Å². The number of likely N-dealkylation sites (tertiary alicyclic amines) is 1. The van der Waals surface area contributed by atoms with Gasteiger partial charge in [0.25, 0.3) is 5.82 Å². The van der Waals surface area contributed by atoms with Crippen molar-refractivity contribution in [2.75, 3.05) is 13.1 Å². The van der Waals surface area contributed by atoms with E-state index in [0.717, 1.165) is 23.8 Å². The summed E-state index contributed by atoms with van der Waals surface area (Å²) in [5.74, 6) is -2.52. The number of carbonyl (C=O) groups excluding carboxylic acids is 1. The van der Waals surface area contributed by atoms with Crippen molar-refractivity contribution in [3.8, 4) is 11.4 Å². The van der Waals surface area contributed by atoms with Gasteiger partial charge < -0.3 is 20.1 Å². The Balaban J connectivity index is 1.61. The Kier molecular flexibility index (Phi) is 8.59. The predicted molar refractivity (Wildman–Crippen MR) is 133 cm³/mol. The Hall–Kier alpha value is -3.72. The first-order valence-corrected chi connectivity index (χ1v) is 12.6. The fraction of sp³-hybridized carbons (Fsp3) is 0.462. The number of tetrazole rings is 1. The summed E-state index contributed by atoms with van der Waals surface area (Å²) in [6.45, 7) is 3.50. The van der Waals surface area contributed by atoms with Crippen LogP contribution in [0.3, 0.4) is 0 Å². The largest absolute Gasteiger partial charge is 0.573 e. The van der Waals surface area contributed by atoms with Crippen molar-refractivity contribution in [1.82, 2.24) is 30.4 Å². The zero-order valence-electron chi connectivity index (χ0n) is 22.1. The van der Waals surface area contributed by atoms with Crippen LogP contribution in [0.1, 0.15) is 49.6 Å². The highest BCUT2D eigenvalue weighted by atomic mass is 19.4. The summed E-state index contributed by atoms with van der Waals surface area (Å²) in [6.07, 6.45) is -9.59. The maximum Gasteiger partial charge on any atom is 0.573 e. The van der Waals surface area contributed by atoms with Crippen LogP contribution in [0.5, 0.6) is 5.75 Å². The molecule has 0 radical (unpaired) electrons. The topological polar surface area (TPSA) is 105 Å². The number of benzene rings is 2. The van der Waals surface area contributed by atoms with Crippen LogP contribution in [-0.2, 0) is 17.5 Å². The molecule has 2 atom stereocenters. The van der Waals surface area contributed by atoms with Crippen LogP contribution < -0.4 is 10.1 Å². The van der Waals surface area contributed by atoms with E-state index in [2.05, 4.69) is 25.6 Å². The van der Waals surface area contributed by atoms with Gasteiger partial charge in [-0.1, -0.05) is 30.3 Å². The van der Waals surface area contributed by atoms with E-state index in [4.69, 9.17) is 0 Å². The first-order chi connectivity index (χ1) is 19.1. The van der Waals surface area contributed by atoms with Gasteiger partial charge in [0.2, 0.25) is 5.91 Å². The van der Waals surface area contributed by atoms with Crippen molar-refractivity contribution < 1.29 is 41.0 Å². The second-order valence-electron chi connectivity index (χ2n) is 10.4. The molecule has 0 saturated carbocycles. The molecule has 2 aromatic carbocycles. The third kappa shape index (κ3) is 7.94. The lowest BCUT2D eigenvalue weighted by molar-refractivity contribution is -0.274. The molecule has 2 heterocycles. The van der Waals surface area contributed by atoms with Gasteiger partial charge in [-0.3, -0.25) is 4.79 Å². The molecule has 1 aliphatic rings. The molecule has 222 valence electrons. The van der Waals surface area contributed by atoms with Gasteiger partial charge in [-0.15, -0.1) is 18.3 Å². The maximum atomic E-state index is 13.4. The van der Waals surface area contributed by atoms with E-state index < -0.39 is 29.7 Å². The smallest absolute Gasteiger partial charge is 0.405 e. The fourth-order valence-corrected chi connectivity index (χ4v) is 4.78. The molecule has 1 aliphatic heterocycles. The van der Waals surface area contributed by atoms with E-state index in [1.807, 2.05) is 30.3 Å². The fourth-order valence-electron chi connectivity index (χ4n) is 4.78. The quantitative estimate of drug-likeness (QED) is 0.381. The highest BCUT2D eigenvalue weighted by Gasteiger charge is 2.39. The van der Waals surface area contributed by atoms with Gasteiger partial charge in [0.1, 0.15) is 5.75 Å². The molecule has 1 aromatic heterocycles. The van der Waals surface area contributed by atoms with E-state index in [-0.39, 0.29) is 42.1 Å². The Morgan fingerprint density at radius 3 is 2.44 bits per heavy atom. The normalized spacial score (nSPS) is 18.4. The molecule has 0 bridgehead atoms. The van der Waals surface area contributed by atoms with Gasteiger partial charge >= 0.3 is 12.5 Å². The standard InChI is InChI=1S/C26H28F6N6O3/c1-24(2,40)13-22(39)37-11-10-20(19(15-37)16-6-4-3-5-7-16)33-14-17-12-18(8-9-21(17)41-26(30,31)32)38-23(25(27,28)29)34-35-36-38/h3-9,12,19-20,33,40H,10-11,13-15H2,1-2H3. The molecule has 9 nitrogen and oxygen atoms in total. The van der Waals surface area contributed by atoms with Crippen LogP contribution in [0, 0.1) is 0 Å². The van der Waals surface area contributed by atoms with Gasteiger partial charge in [-0.05, 0) is 54.5 Å². The molecule has 4 rings (SSSR count). The highest BCUT2D eigenvalue weighted by molar-refractivity contribution is 5.77. The van der Waals surface area contributed by atoms with E-state index in [0.29, 0.717) is 24.2 Å². The van der Waals surface area contributed by atoms with Crippen LogP contribution in [0.15, 0.2) is 48.5 Å². The van der Waals surface area contributed by atoms with Gasteiger partial charge in [-0.2, -0.15) is 17.9 Å². The molecule has 15 heteroatoms. The number of ether oxygens (including phenoxy) is 1. The van der Waals surface area contributed by atoms with Crippen LogP contribution in [0.25, 0.3) is 5.69 Å². The summed E-state index contributed by atoms with van der Waals surface area (Å²) >= 11 is 0. The molecule has 2 N–H and O–H groups in total. The molecule has 2 unspecified atom stereocenters. The average Bonchev–Trinajstić information content (AvgIpc) is 3.38. The van der Waals surface area contributed by atoms with E-state index in [1.54, 1.807) is 4.90 Å². The molecular formula is C26H28F6N6O3. The van der Waals surface area contributed by atoms with Crippen LogP contribution >= 0.6 is 0 Å². The second-order valence-corrected chi connectivity index (χ2v) is 10.4. The zero-order valence-corrected chi connectivity index (χ0v) is 22.1. The number of aliphatic hydroxyl groups is 1. The lowest BCUT2D eigenvalue weighted by atomic mass is 9.85. The molecule has 0 spiro atoms. The summed E-state index contributed by atoms with van der Waals surface area (Å²) in [7, 11) is 0. The van der Waals surface area contributed by atoms with Gasteiger partial charge in [0, 0.05) is 37.2 Å². The highest BCUT2D eigenvalue weighted by Crippen LogP contribution is 2.33. The molecule has 1 saturated heterocycles. The van der Waals surface area contributed by atoms with Crippen molar-refractivity contribution in [1.29, 1.82) is 0 Å². The Morgan fingerprint density at radius 2 is 1.80 bits per heavy atom. The molecule has 0 aliphatic carbocycles. The summed E-state index contributed by atoms with van der Waals surface area (Å²) in [5.41, 5.74) is -0.592. The molecular weight excluding hydrogens is 558 g/mol. The van der Waals surface area contributed by atoms with Crippen molar-refractivity contribution in [2.45, 2.75) is 63.3 Å². The monoisotopic (exact) mass is 586 g/mol. The number of hydrogen-bond acceptors (Lipinski definition) is 7. The van der Waals surface area contributed by atoms with Crippen LogP contribution in [-0.4, -0.2) is 67.2 Å². The minimum Gasteiger partial charge on any atom is -0.405 e. The summed E-state index contributed by atoms with van der Waals surface area (Å²) in [5, 5.41) is 22.7. The zero-order chi connectivity index (χ0) is 30.0. The number of halogens is 6. The van der Waals surface area contributed by atoms with Crippen molar-refractivity contribution in [3.63, 3.8) is 0 Å². The van der Waals surface area contributed by atoms with Crippen molar-refractivity contribution in [3.05, 3.63) is 65.5 Å². The number of rotatable bonds is 8. The number of piperidine rings is 1. The Morgan fingerprint density at radius 1 is 1.10 bits per heavy atom. The van der Waals surface area contributed by atoms with Crippen molar-refractivity contribution in [2.24, 2.45) is 0 Å². The maximum absolute atomic E-state index is 13.4.